The van der Waals surface area contributed by atoms with Crippen LogP contribution < -0.4 is 0 Å². The lowest BCUT2D eigenvalue weighted by Gasteiger charge is -2.30. The standard InChI is InChI=1S/C14H16ClNO2/c15-13-2-1-5-16(7-13)14(17)10-3-4-11-8-18-9-12(11)6-10/h3-4,6,13H,1-2,5,7-9H2. The summed E-state index contributed by atoms with van der Waals surface area (Å²) in [6.07, 6.45) is 2.00. The van der Waals surface area contributed by atoms with E-state index in [0.29, 0.717) is 19.8 Å². The lowest BCUT2D eigenvalue weighted by molar-refractivity contribution is 0.0727. The first-order chi connectivity index (χ1) is 8.74. The summed E-state index contributed by atoms with van der Waals surface area (Å²) < 4.78 is 5.37. The first-order valence-electron chi connectivity index (χ1n) is 6.37. The van der Waals surface area contributed by atoms with Crippen molar-refractivity contribution < 1.29 is 9.53 Å². The lowest BCUT2D eigenvalue weighted by Crippen LogP contribution is -2.40. The minimum Gasteiger partial charge on any atom is -0.372 e. The largest absolute Gasteiger partial charge is 0.372 e. The van der Waals surface area contributed by atoms with E-state index in [1.165, 1.54) is 5.56 Å². The van der Waals surface area contributed by atoms with Crippen LogP contribution in [0.25, 0.3) is 0 Å². The molecule has 0 N–H and O–H groups in total. The fourth-order valence-electron chi connectivity index (χ4n) is 2.60. The molecule has 2 aliphatic rings. The van der Waals surface area contributed by atoms with Crippen molar-refractivity contribution in [3.8, 4) is 0 Å². The maximum Gasteiger partial charge on any atom is 0.253 e. The van der Waals surface area contributed by atoms with Crippen LogP contribution in [0.15, 0.2) is 18.2 Å². The third-order valence-electron chi connectivity index (χ3n) is 3.62. The van der Waals surface area contributed by atoms with Crippen molar-refractivity contribution in [1.82, 2.24) is 4.90 Å². The number of hydrogen-bond donors (Lipinski definition) is 0. The highest BCUT2D eigenvalue weighted by atomic mass is 35.5. The molecule has 0 aromatic heterocycles. The van der Waals surface area contributed by atoms with Gasteiger partial charge in [0.2, 0.25) is 0 Å². The van der Waals surface area contributed by atoms with Crippen molar-refractivity contribution in [3.63, 3.8) is 0 Å². The Hall–Kier alpha value is -1.06. The molecule has 0 saturated carbocycles. The van der Waals surface area contributed by atoms with Crippen LogP contribution in [0.5, 0.6) is 0 Å². The van der Waals surface area contributed by atoms with Crippen LogP contribution in [-0.4, -0.2) is 29.3 Å². The average Bonchev–Trinajstić information content (AvgIpc) is 2.85. The smallest absolute Gasteiger partial charge is 0.253 e. The summed E-state index contributed by atoms with van der Waals surface area (Å²) in [5, 5.41) is 0.0976. The SMILES string of the molecule is O=C(c1ccc2c(c1)COC2)N1CCCC(Cl)C1. The molecule has 1 fully saturated rings. The van der Waals surface area contributed by atoms with Gasteiger partial charge in [0.15, 0.2) is 0 Å². The highest BCUT2D eigenvalue weighted by Gasteiger charge is 2.24. The van der Waals surface area contributed by atoms with Gasteiger partial charge in [0.05, 0.1) is 18.6 Å². The number of benzene rings is 1. The zero-order chi connectivity index (χ0) is 12.5. The maximum atomic E-state index is 12.4. The summed E-state index contributed by atoms with van der Waals surface area (Å²) in [4.78, 5) is 14.2. The molecule has 0 bridgehead atoms. The van der Waals surface area contributed by atoms with Crippen LogP contribution in [0.3, 0.4) is 0 Å². The molecule has 2 heterocycles. The van der Waals surface area contributed by atoms with E-state index in [1.807, 2.05) is 23.1 Å². The van der Waals surface area contributed by atoms with Crippen molar-refractivity contribution in [2.75, 3.05) is 13.1 Å². The van der Waals surface area contributed by atoms with Crippen LogP contribution in [-0.2, 0) is 18.0 Å². The second kappa shape index (κ2) is 4.90. The monoisotopic (exact) mass is 265 g/mol. The minimum absolute atomic E-state index is 0.0926. The van der Waals surface area contributed by atoms with E-state index in [4.69, 9.17) is 16.3 Å². The number of likely N-dealkylation sites (tertiary alicyclic amines) is 1. The number of halogens is 1. The van der Waals surface area contributed by atoms with Gasteiger partial charge in [-0.15, -0.1) is 11.6 Å². The van der Waals surface area contributed by atoms with Crippen molar-refractivity contribution in [2.24, 2.45) is 0 Å². The second-order valence-corrected chi connectivity index (χ2v) is 5.58. The number of carbonyl (C=O) groups excluding carboxylic acids is 1. The van der Waals surface area contributed by atoms with Crippen LogP contribution in [0, 0.1) is 0 Å². The van der Waals surface area contributed by atoms with Gasteiger partial charge >= 0.3 is 0 Å². The van der Waals surface area contributed by atoms with Gasteiger partial charge in [-0.3, -0.25) is 4.79 Å². The summed E-state index contributed by atoms with van der Waals surface area (Å²) in [5.74, 6) is 0.0926. The molecule has 0 aliphatic carbocycles. The van der Waals surface area contributed by atoms with Gasteiger partial charge in [-0.1, -0.05) is 6.07 Å². The van der Waals surface area contributed by atoms with Crippen LogP contribution in [0.4, 0.5) is 0 Å². The third kappa shape index (κ3) is 2.25. The molecular weight excluding hydrogens is 250 g/mol. The molecule has 2 aliphatic heterocycles. The van der Waals surface area contributed by atoms with Crippen molar-refractivity contribution in [3.05, 3.63) is 34.9 Å². The summed E-state index contributed by atoms with van der Waals surface area (Å²) in [5.41, 5.74) is 3.09. The zero-order valence-corrected chi connectivity index (χ0v) is 10.9. The molecule has 4 heteroatoms. The van der Waals surface area contributed by atoms with Crippen LogP contribution >= 0.6 is 11.6 Å². The number of alkyl halides is 1. The Balaban J connectivity index is 1.79. The number of hydrogen-bond acceptors (Lipinski definition) is 2. The van der Waals surface area contributed by atoms with E-state index < -0.39 is 0 Å². The molecule has 3 nitrogen and oxygen atoms in total. The van der Waals surface area contributed by atoms with E-state index in [2.05, 4.69) is 0 Å². The van der Waals surface area contributed by atoms with E-state index in [1.54, 1.807) is 0 Å². The molecule has 0 spiro atoms. The summed E-state index contributed by atoms with van der Waals surface area (Å²) in [6.45, 7) is 2.76. The maximum absolute atomic E-state index is 12.4. The molecule has 1 saturated heterocycles. The molecule has 1 atom stereocenters. The first kappa shape index (κ1) is 12.0. The van der Waals surface area contributed by atoms with E-state index in [-0.39, 0.29) is 11.3 Å². The van der Waals surface area contributed by atoms with Crippen molar-refractivity contribution in [1.29, 1.82) is 0 Å². The number of piperidine rings is 1. The molecule has 0 radical (unpaired) electrons. The van der Waals surface area contributed by atoms with Gasteiger partial charge in [-0.25, -0.2) is 0 Å². The fourth-order valence-corrected chi connectivity index (χ4v) is 2.92. The molecule has 3 rings (SSSR count). The predicted octanol–water partition coefficient (Wildman–Crippen LogP) is 2.56. The number of ether oxygens (including phenoxy) is 1. The second-order valence-electron chi connectivity index (χ2n) is 4.97. The van der Waals surface area contributed by atoms with Crippen molar-refractivity contribution >= 4 is 17.5 Å². The van der Waals surface area contributed by atoms with E-state index >= 15 is 0 Å². The molecule has 1 aromatic rings. The number of amides is 1. The minimum atomic E-state index is 0.0926. The Morgan fingerprint density at radius 2 is 2.17 bits per heavy atom. The summed E-state index contributed by atoms with van der Waals surface area (Å²) in [7, 11) is 0. The van der Waals surface area contributed by atoms with Crippen molar-refractivity contribution in [2.45, 2.75) is 31.4 Å². The molecule has 1 amide bonds. The van der Waals surface area contributed by atoms with Crippen LogP contribution in [0.1, 0.15) is 34.3 Å². The van der Waals surface area contributed by atoms with Crippen LogP contribution in [0.2, 0.25) is 0 Å². The number of nitrogens with zero attached hydrogens (tertiary/aromatic N) is 1. The number of carbonyl (C=O) groups is 1. The fraction of sp³-hybridized carbons (Fsp3) is 0.500. The van der Waals surface area contributed by atoms with Gasteiger partial charge in [-0.05, 0) is 36.1 Å². The summed E-state index contributed by atoms with van der Waals surface area (Å²) >= 11 is 6.12. The lowest BCUT2D eigenvalue weighted by atomic mass is 10.0. The number of rotatable bonds is 1. The Labute approximate surface area is 112 Å². The average molecular weight is 266 g/mol. The van der Waals surface area contributed by atoms with E-state index in [0.717, 1.165) is 30.5 Å². The Kier molecular flexibility index (Phi) is 3.27. The number of fused-ring (bicyclic) bond motifs is 1. The summed E-state index contributed by atoms with van der Waals surface area (Å²) in [6, 6.07) is 5.86. The third-order valence-corrected chi connectivity index (χ3v) is 3.98. The molecule has 1 unspecified atom stereocenters. The Morgan fingerprint density at radius 3 is 3.00 bits per heavy atom. The zero-order valence-electron chi connectivity index (χ0n) is 10.2. The quantitative estimate of drug-likeness (QED) is 0.731. The molecule has 96 valence electrons. The van der Waals surface area contributed by atoms with Gasteiger partial charge < -0.3 is 9.64 Å². The van der Waals surface area contributed by atoms with Gasteiger partial charge in [-0.2, -0.15) is 0 Å². The van der Waals surface area contributed by atoms with Gasteiger partial charge in [0, 0.05) is 18.7 Å². The topological polar surface area (TPSA) is 29.5 Å². The Bertz CT molecular complexity index is 475. The highest BCUT2D eigenvalue weighted by Crippen LogP contribution is 2.23. The van der Waals surface area contributed by atoms with Gasteiger partial charge in [0.1, 0.15) is 0 Å². The first-order valence-corrected chi connectivity index (χ1v) is 6.80. The Morgan fingerprint density at radius 1 is 1.33 bits per heavy atom. The normalized spacial score (nSPS) is 22.9. The van der Waals surface area contributed by atoms with E-state index in [9.17, 15) is 4.79 Å². The molecule has 1 aromatic carbocycles. The molecule has 18 heavy (non-hydrogen) atoms. The predicted molar refractivity (Wildman–Crippen MR) is 69.7 cm³/mol. The molecular formula is C14H16ClNO2. The highest BCUT2D eigenvalue weighted by molar-refractivity contribution is 6.21. The van der Waals surface area contributed by atoms with Gasteiger partial charge in [0.25, 0.3) is 5.91 Å².